The van der Waals surface area contributed by atoms with Crippen LogP contribution >= 0.6 is 0 Å². The van der Waals surface area contributed by atoms with Crippen LogP contribution in [0.3, 0.4) is 0 Å². The summed E-state index contributed by atoms with van der Waals surface area (Å²) >= 11 is 0. The number of hydrogen-bond acceptors (Lipinski definition) is 2. The fourth-order valence-electron chi connectivity index (χ4n) is 0.432. The third-order valence-electron chi connectivity index (χ3n) is 0.906. The normalized spacial score (nSPS) is 14.1. The van der Waals surface area contributed by atoms with E-state index in [0.29, 0.717) is 6.04 Å². The van der Waals surface area contributed by atoms with Crippen molar-refractivity contribution < 1.29 is 0 Å². The zero-order valence-corrected chi connectivity index (χ0v) is 5.07. The number of nitrogens with one attached hydrogen (secondary N) is 1. The number of likely N-dealkylation sites (N-methyl/N-ethyl adjacent to an activating group) is 1. The van der Waals surface area contributed by atoms with Gasteiger partial charge >= 0.3 is 0 Å². The molecule has 0 rings (SSSR count). The summed E-state index contributed by atoms with van der Waals surface area (Å²) in [5, 5.41) is 3.17. The van der Waals surface area contributed by atoms with Crippen LogP contribution in [0.1, 0.15) is 13.8 Å². The molecule has 0 aromatic carbocycles. The van der Waals surface area contributed by atoms with Gasteiger partial charge in [0.25, 0.3) is 0 Å². The third-order valence-corrected chi connectivity index (χ3v) is 0.906. The molecule has 7 heavy (non-hydrogen) atoms. The summed E-state index contributed by atoms with van der Waals surface area (Å²) in [7, 11) is 0. The van der Waals surface area contributed by atoms with E-state index >= 15 is 0 Å². The highest BCUT2D eigenvalue weighted by Crippen LogP contribution is 1.71. The van der Waals surface area contributed by atoms with Gasteiger partial charge in [0.2, 0.25) is 0 Å². The minimum absolute atomic E-state index is 0.477. The first-order valence-corrected chi connectivity index (χ1v) is 2.74. The van der Waals surface area contributed by atoms with E-state index in [4.69, 9.17) is 5.73 Å². The Morgan fingerprint density at radius 2 is 2.29 bits per heavy atom. The van der Waals surface area contributed by atoms with Crippen molar-refractivity contribution in [3.63, 3.8) is 0 Å². The topological polar surface area (TPSA) is 38.0 Å². The number of rotatable bonds is 3. The maximum atomic E-state index is 5.30. The van der Waals surface area contributed by atoms with Crippen molar-refractivity contribution in [1.29, 1.82) is 0 Å². The fraction of sp³-hybridized carbons (Fsp3) is 1.00. The molecule has 0 heterocycles. The molecule has 0 radical (unpaired) electrons. The monoisotopic (exact) mass is 102 g/mol. The smallest absolute Gasteiger partial charge is 0.0161 e. The molecule has 0 aromatic heterocycles. The van der Waals surface area contributed by atoms with E-state index in [1.54, 1.807) is 0 Å². The van der Waals surface area contributed by atoms with Gasteiger partial charge in [0.05, 0.1) is 0 Å². The zero-order valence-electron chi connectivity index (χ0n) is 5.07. The molecule has 2 heteroatoms. The van der Waals surface area contributed by atoms with Crippen LogP contribution in [0.15, 0.2) is 0 Å². The Morgan fingerprint density at radius 1 is 1.71 bits per heavy atom. The molecule has 1 atom stereocenters. The summed E-state index contributed by atoms with van der Waals surface area (Å²) in [4.78, 5) is 0. The molecular weight excluding hydrogens is 88.1 g/mol. The van der Waals surface area contributed by atoms with Crippen molar-refractivity contribution in [3.05, 3.63) is 0 Å². The maximum Gasteiger partial charge on any atom is 0.0161 e. The molecule has 0 spiro atoms. The van der Waals surface area contributed by atoms with Crippen molar-refractivity contribution >= 4 is 0 Å². The van der Waals surface area contributed by atoms with Gasteiger partial charge in [0.1, 0.15) is 0 Å². The van der Waals surface area contributed by atoms with Crippen molar-refractivity contribution in [2.75, 3.05) is 13.1 Å². The highest BCUT2D eigenvalue weighted by atomic mass is 14.9. The summed E-state index contributed by atoms with van der Waals surface area (Å²) in [6.07, 6.45) is 0. The molecule has 0 aliphatic rings. The van der Waals surface area contributed by atoms with Gasteiger partial charge in [-0.1, -0.05) is 6.92 Å². The van der Waals surface area contributed by atoms with Gasteiger partial charge in [0, 0.05) is 12.6 Å². The molecule has 0 aromatic rings. The van der Waals surface area contributed by atoms with E-state index < -0.39 is 0 Å². The van der Waals surface area contributed by atoms with Crippen LogP contribution in [-0.2, 0) is 0 Å². The first-order chi connectivity index (χ1) is 3.31. The highest BCUT2D eigenvalue weighted by Gasteiger charge is 1.90. The van der Waals surface area contributed by atoms with Gasteiger partial charge in [-0.25, -0.2) is 0 Å². The summed E-state index contributed by atoms with van der Waals surface area (Å²) in [5.74, 6) is 0. The van der Waals surface area contributed by atoms with Gasteiger partial charge in [-0.05, 0) is 13.5 Å². The van der Waals surface area contributed by atoms with Crippen molar-refractivity contribution in [3.8, 4) is 0 Å². The molecule has 0 saturated heterocycles. The predicted octanol–water partition coefficient (Wildman–Crippen LogP) is -0.0569. The van der Waals surface area contributed by atoms with Gasteiger partial charge < -0.3 is 11.1 Å². The minimum atomic E-state index is 0.477. The second-order valence-electron chi connectivity index (χ2n) is 1.69. The van der Waals surface area contributed by atoms with E-state index in [9.17, 15) is 0 Å². The van der Waals surface area contributed by atoms with E-state index in [0.717, 1.165) is 13.1 Å². The van der Waals surface area contributed by atoms with Gasteiger partial charge in [-0.3, -0.25) is 0 Å². The van der Waals surface area contributed by atoms with Crippen molar-refractivity contribution in [2.24, 2.45) is 5.73 Å². The lowest BCUT2D eigenvalue weighted by atomic mass is 10.3. The third kappa shape index (κ3) is 3.76. The molecule has 44 valence electrons. The lowest BCUT2D eigenvalue weighted by Crippen LogP contribution is -2.32. The molecular formula is C5H14N2. The average Bonchev–Trinajstić information content (AvgIpc) is 1.68. The number of hydrogen-bond donors (Lipinski definition) is 2. The molecule has 0 amide bonds. The van der Waals surface area contributed by atoms with Crippen molar-refractivity contribution in [2.45, 2.75) is 19.9 Å². The van der Waals surface area contributed by atoms with E-state index in [1.165, 1.54) is 0 Å². The lowest BCUT2D eigenvalue weighted by Gasteiger charge is -2.06. The van der Waals surface area contributed by atoms with Crippen LogP contribution in [0.4, 0.5) is 0 Å². The Kier molecular flexibility index (Phi) is 4.04. The Morgan fingerprint density at radius 3 is 2.43 bits per heavy atom. The molecule has 3 N–H and O–H groups in total. The summed E-state index contributed by atoms with van der Waals surface area (Å²) < 4.78 is 0. The Labute approximate surface area is 45.1 Å². The molecule has 0 unspecified atom stereocenters. The van der Waals surface area contributed by atoms with Crippen LogP contribution in [0, 0.1) is 0 Å². The predicted molar refractivity (Wildman–Crippen MR) is 32.2 cm³/mol. The zero-order chi connectivity index (χ0) is 5.70. The Bertz CT molecular complexity index is 37.1. The second-order valence-corrected chi connectivity index (χ2v) is 1.69. The summed E-state index contributed by atoms with van der Waals surface area (Å²) in [5.41, 5.74) is 5.30. The standard InChI is InChI=1S/C5H14N2/c1-3-7-5(2)4-6/h5,7H,3-4,6H2,1-2H3/t5-/m0/s1. The van der Waals surface area contributed by atoms with Crippen molar-refractivity contribution in [1.82, 2.24) is 5.32 Å². The molecule has 2 nitrogen and oxygen atoms in total. The van der Waals surface area contributed by atoms with E-state index in [-0.39, 0.29) is 0 Å². The van der Waals surface area contributed by atoms with Gasteiger partial charge in [-0.2, -0.15) is 0 Å². The van der Waals surface area contributed by atoms with E-state index in [2.05, 4.69) is 19.2 Å². The van der Waals surface area contributed by atoms with Crippen LogP contribution in [-0.4, -0.2) is 19.1 Å². The molecule has 0 fully saturated rings. The fourth-order valence-corrected chi connectivity index (χ4v) is 0.432. The molecule has 0 aliphatic carbocycles. The highest BCUT2D eigenvalue weighted by molar-refractivity contribution is 4.56. The van der Waals surface area contributed by atoms with E-state index in [1.807, 2.05) is 0 Å². The summed E-state index contributed by atoms with van der Waals surface area (Å²) in [6.45, 7) is 5.89. The molecule has 0 bridgehead atoms. The first kappa shape index (κ1) is 6.92. The molecule has 0 aliphatic heterocycles. The Balaban J connectivity index is 2.83. The largest absolute Gasteiger partial charge is 0.329 e. The average molecular weight is 102 g/mol. The van der Waals surface area contributed by atoms with Crippen LogP contribution in [0.25, 0.3) is 0 Å². The quantitative estimate of drug-likeness (QED) is 0.524. The lowest BCUT2D eigenvalue weighted by molar-refractivity contribution is 0.577. The van der Waals surface area contributed by atoms with Crippen LogP contribution in [0.2, 0.25) is 0 Å². The Hall–Kier alpha value is -0.0800. The maximum absolute atomic E-state index is 5.30. The second kappa shape index (κ2) is 4.09. The summed E-state index contributed by atoms with van der Waals surface area (Å²) in [6, 6.07) is 0.477. The van der Waals surface area contributed by atoms with Crippen LogP contribution in [0.5, 0.6) is 0 Å². The first-order valence-electron chi connectivity index (χ1n) is 2.74. The molecule has 0 saturated carbocycles. The SMILES string of the molecule is CCN[C@@H](C)CN. The minimum Gasteiger partial charge on any atom is -0.329 e. The number of nitrogens with two attached hydrogens (primary N) is 1. The van der Waals surface area contributed by atoms with Gasteiger partial charge in [-0.15, -0.1) is 0 Å². The van der Waals surface area contributed by atoms with Crippen LogP contribution < -0.4 is 11.1 Å². The van der Waals surface area contributed by atoms with Gasteiger partial charge in [0.15, 0.2) is 0 Å².